The molecule has 0 aromatic rings. The van der Waals surface area contributed by atoms with Gasteiger partial charge in [-0.3, -0.25) is 9.59 Å². The molecule has 0 saturated carbocycles. The van der Waals surface area contributed by atoms with E-state index in [0.29, 0.717) is 0 Å². The number of isocyanates is 1. The fourth-order valence-electron chi connectivity index (χ4n) is 0.655. The van der Waals surface area contributed by atoms with E-state index in [1.54, 1.807) is 0 Å². The van der Waals surface area contributed by atoms with Crippen molar-refractivity contribution >= 4 is 18.0 Å². The molecule has 0 fully saturated rings. The molecule has 0 aliphatic carbocycles. The normalized spacial score (nSPS) is 11.2. The summed E-state index contributed by atoms with van der Waals surface area (Å²) in [5.74, 6) is -1.24. The standard InChI is InChI=1S/C7H10N2O4/c1-13-7(12)5(8)2-3-6(11)9-4-10/h5H,2-3,8H2,1H3. The molecule has 1 unspecified atom stereocenters. The molecule has 0 aromatic heterocycles. The zero-order chi connectivity index (χ0) is 10.3. The average molecular weight is 186 g/mol. The third kappa shape index (κ3) is 4.84. The van der Waals surface area contributed by atoms with Crippen molar-refractivity contribution in [2.75, 3.05) is 7.11 Å². The molecule has 0 radical (unpaired) electrons. The number of hydrogen-bond donors (Lipinski definition) is 1. The van der Waals surface area contributed by atoms with Crippen LogP contribution in [0.1, 0.15) is 12.8 Å². The van der Waals surface area contributed by atoms with Crippen LogP contribution in [0.4, 0.5) is 0 Å². The van der Waals surface area contributed by atoms with E-state index in [-0.39, 0.29) is 12.8 Å². The van der Waals surface area contributed by atoms with Gasteiger partial charge in [0.1, 0.15) is 6.04 Å². The van der Waals surface area contributed by atoms with Crippen LogP contribution in [-0.4, -0.2) is 31.1 Å². The summed E-state index contributed by atoms with van der Waals surface area (Å²) in [5.41, 5.74) is 5.31. The van der Waals surface area contributed by atoms with Gasteiger partial charge in [0.05, 0.1) is 7.11 Å². The molecule has 13 heavy (non-hydrogen) atoms. The van der Waals surface area contributed by atoms with Crippen molar-refractivity contribution in [2.24, 2.45) is 10.7 Å². The van der Waals surface area contributed by atoms with E-state index in [2.05, 4.69) is 9.73 Å². The summed E-state index contributed by atoms with van der Waals surface area (Å²) in [7, 11) is 1.20. The van der Waals surface area contributed by atoms with Gasteiger partial charge in [0.25, 0.3) is 5.91 Å². The summed E-state index contributed by atoms with van der Waals surface area (Å²) in [6.45, 7) is 0. The number of aliphatic imine (C=N–C) groups is 1. The summed E-state index contributed by atoms with van der Waals surface area (Å²) < 4.78 is 4.32. The molecule has 0 bridgehead atoms. The predicted octanol–water partition coefficient (Wildman–Crippen LogP) is -0.871. The number of carbonyl (C=O) groups excluding carboxylic acids is 3. The van der Waals surface area contributed by atoms with Crippen LogP contribution in [0.3, 0.4) is 0 Å². The molecule has 0 aliphatic rings. The maximum Gasteiger partial charge on any atom is 0.322 e. The first-order valence-corrected chi connectivity index (χ1v) is 3.56. The first-order valence-electron chi connectivity index (χ1n) is 3.56. The maximum atomic E-state index is 10.7. The lowest BCUT2D eigenvalue weighted by atomic mass is 10.1. The monoisotopic (exact) mass is 186 g/mol. The fraction of sp³-hybridized carbons (Fsp3) is 0.571. The van der Waals surface area contributed by atoms with Gasteiger partial charge >= 0.3 is 5.97 Å². The number of methoxy groups -OCH3 is 1. The number of nitrogens with zero attached hydrogens (tertiary/aromatic N) is 1. The predicted molar refractivity (Wildman–Crippen MR) is 42.4 cm³/mol. The highest BCUT2D eigenvalue weighted by Crippen LogP contribution is 1.97. The second-order valence-corrected chi connectivity index (χ2v) is 2.27. The van der Waals surface area contributed by atoms with Gasteiger partial charge in [-0.2, -0.15) is 0 Å². The van der Waals surface area contributed by atoms with Crippen LogP contribution in [0.2, 0.25) is 0 Å². The van der Waals surface area contributed by atoms with Crippen molar-refractivity contribution in [2.45, 2.75) is 18.9 Å². The van der Waals surface area contributed by atoms with Gasteiger partial charge < -0.3 is 10.5 Å². The number of nitrogens with two attached hydrogens (primary N) is 1. The molecule has 0 aliphatic heterocycles. The highest BCUT2D eigenvalue weighted by Gasteiger charge is 2.14. The molecule has 6 heteroatoms. The maximum absolute atomic E-state index is 10.7. The number of rotatable bonds is 4. The Morgan fingerprint density at radius 1 is 1.62 bits per heavy atom. The van der Waals surface area contributed by atoms with Gasteiger partial charge in [-0.1, -0.05) is 0 Å². The lowest BCUT2D eigenvalue weighted by Gasteiger charge is -2.06. The molecule has 72 valence electrons. The highest BCUT2D eigenvalue weighted by molar-refractivity contribution is 5.82. The molecule has 0 aromatic carbocycles. The summed E-state index contributed by atoms with van der Waals surface area (Å²) in [4.78, 5) is 33.8. The Hall–Kier alpha value is -1.52. The molecule has 1 atom stereocenters. The van der Waals surface area contributed by atoms with Crippen molar-refractivity contribution < 1.29 is 19.1 Å². The third-order valence-corrected chi connectivity index (χ3v) is 1.34. The summed E-state index contributed by atoms with van der Waals surface area (Å²) in [6.07, 6.45) is 1.15. The quantitative estimate of drug-likeness (QED) is 0.349. The lowest BCUT2D eigenvalue weighted by Crippen LogP contribution is -2.31. The van der Waals surface area contributed by atoms with E-state index in [4.69, 9.17) is 5.73 Å². The zero-order valence-electron chi connectivity index (χ0n) is 7.15. The first kappa shape index (κ1) is 11.5. The van der Waals surface area contributed by atoms with Crippen LogP contribution in [0.15, 0.2) is 4.99 Å². The van der Waals surface area contributed by atoms with Crippen LogP contribution < -0.4 is 5.73 Å². The van der Waals surface area contributed by atoms with E-state index in [1.165, 1.54) is 7.11 Å². The third-order valence-electron chi connectivity index (χ3n) is 1.34. The van der Waals surface area contributed by atoms with Crippen LogP contribution in [-0.2, 0) is 19.1 Å². The first-order chi connectivity index (χ1) is 6.11. The van der Waals surface area contributed by atoms with Crippen LogP contribution >= 0.6 is 0 Å². The molecule has 0 heterocycles. The number of esters is 1. The van der Waals surface area contributed by atoms with E-state index >= 15 is 0 Å². The van der Waals surface area contributed by atoms with Gasteiger partial charge in [-0.05, 0) is 6.42 Å². The fourth-order valence-corrected chi connectivity index (χ4v) is 0.655. The molecule has 0 rings (SSSR count). The van der Waals surface area contributed by atoms with E-state index in [1.807, 2.05) is 0 Å². The molecular formula is C7H10N2O4. The van der Waals surface area contributed by atoms with E-state index in [0.717, 1.165) is 6.08 Å². The van der Waals surface area contributed by atoms with Gasteiger partial charge in [-0.25, -0.2) is 4.79 Å². The SMILES string of the molecule is COC(=O)C(N)CCC(=O)N=C=O. The van der Waals surface area contributed by atoms with Crippen molar-refractivity contribution in [1.82, 2.24) is 0 Å². The molecule has 1 amide bonds. The Kier molecular flexibility index (Phi) is 5.34. The molecule has 0 saturated heterocycles. The number of ether oxygens (including phenoxy) is 1. The number of carbonyl (C=O) groups is 2. The molecule has 6 nitrogen and oxygen atoms in total. The minimum Gasteiger partial charge on any atom is -0.468 e. The van der Waals surface area contributed by atoms with E-state index < -0.39 is 17.9 Å². The Morgan fingerprint density at radius 3 is 2.69 bits per heavy atom. The molecule has 2 N–H and O–H groups in total. The van der Waals surface area contributed by atoms with Gasteiger partial charge in [0, 0.05) is 6.42 Å². The Labute approximate surface area is 74.8 Å². The van der Waals surface area contributed by atoms with E-state index in [9.17, 15) is 14.4 Å². The smallest absolute Gasteiger partial charge is 0.322 e. The molecule has 0 spiro atoms. The minimum atomic E-state index is -0.851. The zero-order valence-corrected chi connectivity index (χ0v) is 7.15. The van der Waals surface area contributed by atoms with Crippen molar-refractivity contribution in [3.63, 3.8) is 0 Å². The van der Waals surface area contributed by atoms with Crippen molar-refractivity contribution in [1.29, 1.82) is 0 Å². The van der Waals surface area contributed by atoms with Crippen LogP contribution in [0.5, 0.6) is 0 Å². The van der Waals surface area contributed by atoms with Crippen molar-refractivity contribution in [3.8, 4) is 0 Å². The average Bonchev–Trinajstić information content (AvgIpc) is 2.13. The second kappa shape index (κ2) is 6.05. The van der Waals surface area contributed by atoms with Crippen LogP contribution in [0.25, 0.3) is 0 Å². The topological polar surface area (TPSA) is 98.8 Å². The summed E-state index contributed by atoms with van der Waals surface area (Å²) >= 11 is 0. The highest BCUT2D eigenvalue weighted by atomic mass is 16.5. The largest absolute Gasteiger partial charge is 0.468 e. The second-order valence-electron chi connectivity index (χ2n) is 2.27. The lowest BCUT2D eigenvalue weighted by molar-refractivity contribution is -0.142. The Balaban J connectivity index is 3.82. The van der Waals surface area contributed by atoms with Crippen molar-refractivity contribution in [3.05, 3.63) is 0 Å². The minimum absolute atomic E-state index is 0.0640. The Morgan fingerprint density at radius 2 is 2.23 bits per heavy atom. The number of hydrogen-bond acceptors (Lipinski definition) is 5. The molecular weight excluding hydrogens is 176 g/mol. The van der Waals surface area contributed by atoms with Gasteiger partial charge in [0.2, 0.25) is 6.08 Å². The van der Waals surface area contributed by atoms with Gasteiger partial charge in [0.15, 0.2) is 0 Å². The van der Waals surface area contributed by atoms with Crippen LogP contribution in [0, 0.1) is 0 Å². The van der Waals surface area contributed by atoms with Gasteiger partial charge in [-0.15, -0.1) is 4.99 Å². The summed E-state index contributed by atoms with van der Waals surface area (Å²) in [5, 5.41) is 0. The summed E-state index contributed by atoms with van der Waals surface area (Å²) in [6, 6.07) is -0.851. The number of amides is 1. The Bertz CT molecular complexity index is 245.